The van der Waals surface area contributed by atoms with Gasteiger partial charge < -0.3 is 20.0 Å². The van der Waals surface area contributed by atoms with E-state index in [1.54, 1.807) is 18.0 Å². The zero-order valence-electron chi connectivity index (χ0n) is 17.8. The van der Waals surface area contributed by atoms with Gasteiger partial charge in [-0.1, -0.05) is 19.1 Å². The van der Waals surface area contributed by atoms with Crippen molar-refractivity contribution in [3.63, 3.8) is 0 Å². The van der Waals surface area contributed by atoms with Crippen molar-refractivity contribution in [1.82, 2.24) is 4.90 Å². The van der Waals surface area contributed by atoms with Crippen molar-refractivity contribution in [2.45, 2.75) is 45.7 Å². The van der Waals surface area contributed by atoms with Crippen LogP contribution in [0.25, 0.3) is 0 Å². The molecular formula is C23H25N3O4. The average molecular weight is 407 g/mol. The van der Waals surface area contributed by atoms with E-state index >= 15 is 0 Å². The van der Waals surface area contributed by atoms with Crippen LogP contribution in [0.4, 0.5) is 17.1 Å². The first-order chi connectivity index (χ1) is 14.2. The summed E-state index contributed by atoms with van der Waals surface area (Å²) in [5.41, 5.74) is 0.695. The third-order valence-electron chi connectivity index (χ3n) is 6.08. The van der Waals surface area contributed by atoms with E-state index in [1.165, 1.54) is 0 Å². The van der Waals surface area contributed by atoms with Crippen LogP contribution in [0, 0.1) is 6.92 Å². The summed E-state index contributed by atoms with van der Waals surface area (Å²) in [6.07, 6.45) is 0.670. The van der Waals surface area contributed by atoms with Gasteiger partial charge in [0, 0.05) is 7.05 Å². The van der Waals surface area contributed by atoms with Gasteiger partial charge in [0.15, 0.2) is 0 Å². The van der Waals surface area contributed by atoms with E-state index in [-0.39, 0.29) is 23.3 Å². The highest BCUT2D eigenvalue weighted by atomic mass is 16.3. The van der Waals surface area contributed by atoms with Crippen LogP contribution in [-0.2, 0) is 5.54 Å². The molecule has 2 heterocycles. The zero-order chi connectivity index (χ0) is 21.8. The number of anilines is 3. The highest BCUT2D eigenvalue weighted by Crippen LogP contribution is 2.41. The van der Waals surface area contributed by atoms with Gasteiger partial charge in [0.05, 0.1) is 22.8 Å². The van der Waals surface area contributed by atoms with Crippen molar-refractivity contribution in [2.24, 2.45) is 0 Å². The van der Waals surface area contributed by atoms with E-state index in [2.05, 4.69) is 10.6 Å². The standard InChI is InChI=1S/C23H25N3O4/c1-6-14(16-11-10-12(2)30-16)24-18-19(21(28)20(18)27)25-15-9-7-8-13-17(15)22(29)26(5)23(13,3)4/h7-11,14,24-25H,6H2,1-5H3/t14-/m1/s1. The molecule has 0 fully saturated rings. The van der Waals surface area contributed by atoms with Crippen LogP contribution in [0.2, 0.25) is 0 Å². The van der Waals surface area contributed by atoms with Crippen molar-refractivity contribution >= 4 is 23.0 Å². The molecule has 0 unspecified atom stereocenters. The number of amides is 1. The number of rotatable bonds is 6. The Bertz CT molecular complexity index is 1210. The lowest BCUT2D eigenvalue weighted by molar-refractivity contribution is 0.0691. The molecule has 1 aliphatic heterocycles. The highest BCUT2D eigenvalue weighted by molar-refractivity contribution is 6.05. The van der Waals surface area contributed by atoms with Crippen LogP contribution in [0.1, 0.15) is 60.7 Å². The Kier molecular flexibility index (Phi) is 4.56. The summed E-state index contributed by atoms with van der Waals surface area (Å²) in [4.78, 5) is 39.1. The molecule has 7 nitrogen and oxygen atoms in total. The second kappa shape index (κ2) is 6.86. The molecule has 0 saturated heterocycles. The lowest BCUT2D eigenvalue weighted by Crippen LogP contribution is -2.37. The number of furan rings is 1. The number of carbonyl (C=O) groups is 1. The highest BCUT2D eigenvalue weighted by Gasteiger charge is 2.42. The minimum atomic E-state index is -0.598. The first kappa shape index (κ1) is 19.9. The first-order valence-electron chi connectivity index (χ1n) is 10.0. The fourth-order valence-electron chi connectivity index (χ4n) is 3.97. The van der Waals surface area contributed by atoms with Gasteiger partial charge in [0.2, 0.25) is 0 Å². The SMILES string of the molecule is CC[C@@H](Nc1c(Nc2cccc3c2C(=O)N(C)C3(C)C)c(=O)c1=O)c1ccc(C)o1. The lowest BCUT2D eigenvalue weighted by atomic mass is 9.93. The lowest BCUT2D eigenvalue weighted by Gasteiger charge is -2.28. The summed E-state index contributed by atoms with van der Waals surface area (Å²) in [6, 6.07) is 8.98. The fourth-order valence-corrected chi connectivity index (χ4v) is 3.97. The second-order valence-corrected chi connectivity index (χ2v) is 8.24. The molecule has 0 spiro atoms. The summed E-state index contributed by atoms with van der Waals surface area (Å²) in [7, 11) is 1.76. The Balaban J connectivity index is 1.68. The van der Waals surface area contributed by atoms with Gasteiger partial charge >= 0.3 is 0 Å². The molecular weight excluding hydrogens is 382 g/mol. The van der Waals surface area contributed by atoms with Gasteiger partial charge in [-0.05, 0) is 51.0 Å². The van der Waals surface area contributed by atoms with E-state index in [9.17, 15) is 14.4 Å². The molecule has 1 aliphatic rings. The Morgan fingerprint density at radius 1 is 1.07 bits per heavy atom. The number of hydrogen-bond acceptors (Lipinski definition) is 6. The molecule has 0 saturated carbocycles. The molecule has 2 N–H and O–H groups in total. The van der Waals surface area contributed by atoms with Gasteiger partial charge in [0.1, 0.15) is 22.9 Å². The number of nitrogens with zero attached hydrogens (tertiary/aromatic N) is 1. The topological polar surface area (TPSA) is 91.6 Å². The maximum Gasteiger partial charge on any atom is 0.256 e. The maximum absolute atomic E-state index is 12.8. The molecule has 0 bridgehead atoms. The van der Waals surface area contributed by atoms with Crippen LogP contribution in [0.3, 0.4) is 0 Å². The average Bonchev–Trinajstić information content (AvgIpc) is 3.23. The molecule has 1 atom stereocenters. The van der Waals surface area contributed by atoms with Crippen molar-refractivity contribution in [3.8, 4) is 0 Å². The van der Waals surface area contributed by atoms with Gasteiger partial charge in [-0.25, -0.2) is 0 Å². The van der Waals surface area contributed by atoms with E-state index in [1.807, 2.05) is 52.0 Å². The Morgan fingerprint density at radius 3 is 2.40 bits per heavy atom. The number of carbonyl (C=O) groups excluding carboxylic acids is 1. The fraction of sp³-hybridized carbons (Fsp3) is 0.348. The van der Waals surface area contributed by atoms with Gasteiger partial charge in [-0.3, -0.25) is 14.4 Å². The third kappa shape index (κ3) is 2.84. The summed E-state index contributed by atoms with van der Waals surface area (Å²) < 4.78 is 5.68. The number of nitrogens with one attached hydrogen (secondary N) is 2. The molecule has 1 aromatic heterocycles. The van der Waals surface area contributed by atoms with Gasteiger partial charge in [-0.15, -0.1) is 0 Å². The number of aryl methyl sites for hydroxylation is 1. The van der Waals surface area contributed by atoms with E-state index < -0.39 is 16.4 Å². The summed E-state index contributed by atoms with van der Waals surface area (Å²) in [5.74, 6) is 1.36. The molecule has 30 heavy (non-hydrogen) atoms. The van der Waals surface area contributed by atoms with Crippen molar-refractivity contribution in [3.05, 3.63) is 73.4 Å². The summed E-state index contributed by atoms with van der Waals surface area (Å²) in [6.45, 7) is 7.77. The number of fused-ring (bicyclic) bond motifs is 1. The molecule has 4 rings (SSSR count). The van der Waals surface area contributed by atoms with E-state index in [4.69, 9.17) is 4.42 Å². The van der Waals surface area contributed by atoms with Crippen LogP contribution in [0.5, 0.6) is 0 Å². The summed E-state index contributed by atoms with van der Waals surface area (Å²) >= 11 is 0. The second-order valence-electron chi connectivity index (χ2n) is 8.24. The van der Waals surface area contributed by atoms with Crippen LogP contribution < -0.4 is 21.5 Å². The molecule has 0 aliphatic carbocycles. The van der Waals surface area contributed by atoms with Gasteiger partial charge in [0.25, 0.3) is 16.8 Å². The predicted octanol–water partition coefficient (Wildman–Crippen LogP) is 3.81. The predicted molar refractivity (Wildman–Crippen MR) is 116 cm³/mol. The minimum absolute atomic E-state index is 0.121. The zero-order valence-corrected chi connectivity index (χ0v) is 17.8. The third-order valence-corrected chi connectivity index (χ3v) is 6.08. The molecule has 156 valence electrons. The minimum Gasteiger partial charge on any atom is -0.464 e. The largest absolute Gasteiger partial charge is 0.464 e. The molecule has 0 radical (unpaired) electrons. The molecule has 2 aromatic carbocycles. The first-order valence-corrected chi connectivity index (χ1v) is 10.0. The van der Waals surface area contributed by atoms with Crippen LogP contribution >= 0.6 is 0 Å². The summed E-state index contributed by atoms with van der Waals surface area (Å²) in [5, 5.41) is 6.20. The number of hydrogen-bond donors (Lipinski definition) is 2. The number of benzene rings is 1. The quantitative estimate of drug-likeness (QED) is 0.604. The Labute approximate surface area is 174 Å². The van der Waals surface area contributed by atoms with Crippen LogP contribution in [0.15, 0.2) is 44.3 Å². The van der Waals surface area contributed by atoms with Crippen molar-refractivity contribution in [2.75, 3.05) is 17.7 Å². The monoisotopic (exact) mass is 407 g/mol. The van der Waals surface area contributed by atoms with Crippen LogP contribution in [-0.4, -0.2) is 17.9 Å². The smallest absolute Gasteiger partial charge is 0.256 e. The van der Waals surface area contributed by atoms with Crippen molar-refractivity contribution < 1.29 is 9.21 Å². The van der Waals surface area contributed by atoms with Crippen molar-refractivity contribution in [1.29, 1.82) is 0 Å². The van der Waals surface area contributed by atoms with E-state index in [0.717, 1.165) is 11.3 Å². The normalized spacial score (nSPS) is 16.0. The Hall–Kier alpha value is -3.35. The van der Waals surface area contributed by atoms with E-state index in [0.29, 0.717) is 23.4 Å². The molecule has 3 aromatic rings. The van der Waals surface area contributed by atoms with Gasteiger partial charge in [-0.2, -0.15) is 0 Å². The maximum atomic E-state index is 12.8. The molecule has 7 heteroatoms. The Morgan fingerprint density at radius 2 is 1.77 bits per heavy atom. The molecule has 1 amide bonds.